The van der Waals surface area contributed by atoms with Gasteiger partial charge in [0, 0.05) is 11.1 Å². The van der Waals surface area contributed by atoms with E-state index >= 15 is 0 Å². The van der Waals surface area contributed by atoms with E-state index < -0.39 is 36.3 Å². The van der Waals surface area contributed by atoms with Gasteiger partial charge in [0.1, 0.15) is 23.4 Å². The number of methoxy groups -OCH3 is 2. The molecule has 1 aliphatic carbocycles. The molecule has 1 fully saturated rings. The van der Waals surface area contributed by atoms with E-state index in [1.54, 1.807) is 13.0 Å². The molecular formula is C31H33F4NO5. The Morgan fingerprint density at radius 1 is 1.10 bits per heavy atom. The molecule has 3 unspecified atom stereocenters. The lowest BCUT2D eigenvalue weighted by Crippen LogP contribution is -2.23. The highest BCUT2D eigenvalue weighted by atomic mass is 19.4. The number of aliphatic hydroxyl groups excluding tert-OH is 1. The second-order valence-corrected chi connectivity index (χ2v) is 10.2. The van der Waals surface area contributed by atoms with Crippen LogP contribution in [0.1, 0.15) is 61.1 Å². The Balaban J connectivity index is 1.74. The molecule has 0 spiro atoms. The first-order valence-electron chi connectivity index (χ1n) is 13.4. The van der Waals surface area contributed by atoms with Crippen molar-refractivity contribution in [3.05, 3.63) is 76.7 Å². The number of aliphatic hydroxyl groups is 1. The van der Waals surface area contributed by atoms with Gasteiger partial charge in [-0.15, -0.1) is 0 Å². The lowest BCUT2D eigenvalue weighted by Gasteiger charge is -2.26. The Morgan fingerprint density at radius 3 is 2.41 bits per heavy atom. The zero-order chi connectivity index (χ0) is 29.9. The molecule has 6 nitrogen and oxygen atoms in total. The monoisotopic (exact) mass is 575 g/mol. The van der Waals surface area contributed by atoms with Gasteiger partial charge in [-0.1, -0.05) is 32.0 Å². The van der Waals surface area contributed by atoms with Crippen LogP contribution in [0.15, 0.2) is 48.5 Å². The summed E-state index contributed by atoms with van der Waals surface area (Å²) < 4.78 is 73.5. The molecule has 0 saturated heterocycles. The molecule has 1 saturated carbocycles. The van der Waals surface area contributed by atoms with E-state index in [0.29, 0.717) is 12.2 Å². The fourth-order valence-corrected chi connectivity index (χ4v) is 5.22. The van der Waals surface area contributed by atoms with E-state index in [9.17, 15) is 27.5 Å². The first kappa shape index (κ1) is 30.3. The summed E-state index contributed by atoms with van der Waals surface area (Å²) in [6.07, 6.45) is -3.90. The number of nitrogens with zero attached hydrogens (tertiary/aromatic N) is 1. The maximum absolute atomic E-state index is 14.5. The first-order chi connectivity index (χ1) is 19.5. The number of carbonyl (C=O) groups excluding carboxylic acids is 1. The van der Waals surface area contributed by atoms with Gasteiger partial charge in [-0.05, 0) is 72.6 Å². The lowest BCUT2D eigenvalue weighted by atomic mass is 9.82. The number of halogens is 4. The number of aromatic nitrogens is 1. The predicted octanol–water partition coefficient (Wildman–Crippen LogP) is 6.89. The van der Waals surface area contributed by atoms with Crippen LogP contribution >= 0.6 is 0 Å². The molecule has 10 heteroatoms. The number of rotatable bonds is 11. The molecule has 3 aromatic rings. The molecule has 2 aromatic carbocycles. The highest BCUT2D eigenvalue weighted by molar-refractivity contribution is 5.73. The number of benzene rings is 2. The van der Waals surface area contributed by atoms with Crippen LogP contribution in [0.3, 0.4) is 0 Å². The Kier molecular flexibility index (Phi) is 9.21. The Morgan fingerprint density at radius 2 is 1.83 bits per heavy atom. The Bertz CT molecular complexity index is 1390. The highest BCUT2D eigenvalue weighted by Crippen LogP contribution is 2.48. The lowest BCUT2D eigenvalue weighted by molar-refractivity contribution is -0.146. The van der Waals surface area contributed by atoms with Gasteiger partial charge in [-0.3, -0.25) is 4.79 Å². The molecule has 1 heterocycles. The Labute approximate surface area is 236 Å². The van der Waals surface area contributed by atoms with E-state index in [1.807, 2.05) is 19.1 Å². The summed E-state index contributed by atoms with van der Waals surface area (Å²) in [5, 5.41) is 10.2. The fraction of sp³-hybridized carbons (Fsp3) is 0.419. The third-order valence-electron chi connectivity index (χ3n) is 7.52. The van der Waals surface area contributed by atoms with Gasteiger partial charge >= 0.3 is 12.1 Å². The third kappa shape index (κ3) is 6.64. The molecule has 3 atom stereocenters. The second kappa shape index (κ2) is 12.5. The van der Waals surface area contributed by atoms with Gasteiger partial charge in [0.15, 0.2) is 5.69 Å². The number of esters is 1. The molecule has 41 heavy (non-hydrogen) atoms. The maximum Gasteiger partial charge on any atom is 0.433 e. The molecule has 0 bridgehead atoms. The number of alkyl halides is 3. The summed E-state index contributed by atoms with van der Waals surface area (Å²) in [6, 6.07) is 11.6. The predicted molar refractivity (Wildman–Crippen MR) is 144 cm³/mol. The molecular weight excluding hydrogens is 542 g/mol. The van der Waals surface area contributed by atoms with Crippen LogP contribution in [-0.2, 0) is 22.1 Å². The zero-order valence-electron chi connectivity index (χ0n) is 23.3. The number of hydrogen-bond acceptors (Lipinski definition) is 6. The van der Waals surface area contributed by atoms with Crippen LogP contribution in [0.5, 0.6) is 11.5 Å². The van der Waals surface area contributed by atoms with Gasteiger partial charge < -0.3 is 19.3 Å². The largest absolute Gasteiger partial charge is 0.497 e. The Hall–Kier alpha value is -3.66. The van der Waals surface area contributed by atoms with Gasteiger partial charge in [-0.25, -0.2) is 9.37 Å². The number of carbonyl (C=O) groups is 1. The molecule has 1 aromatic heterocycles. The normalized spacial score (nSPS) is 15.6. The van der Waals surface area contributed by atoms with Crippen molar-refractivity contribution in [3.8, 4) is 22.8 Å². The minimum atomic E-state index is -4.92. The average Bonchev–Trinajstić information content (AvgIpc) is 3.80. The summed E-state index contributed by atoms with van der Waals surface area (Å²) in [5.74, 6) is -0.822. The number of aryl methyl sites for hydroxylation is 1. The molecule has 1 N–H and O–H groups in total. The minimum Gasteiger partial charge on any atom is -0.497 e. The summed E-state index contributed by atoms with van der Waals surface area (Å²) in [6.45, 7) is 2.91. The van der Waals surface area contributed by atoms with Crippen LogP contribution in [0.25, 0.3) is 11.3 Å². The van der Waals surface area contributed by atoms with Crippen LogP contribution in [0.4, 0.5) is 17.6 Å². The van der Waals surface area contributed by atoms with Crippen molar-refractivity contribution in [1.82, 2.24) is 4.98 Å². The van der Waals surface area contributed by atoms with Crippen molar-refractivity contribution < 1.29 is 41.7 Å². The van der Waals surface area contributed by atoms with Gasteiger partial charge in [0.25, 0.3) is 0 Å². The van der Waals surface area contributed by atoms with Gasteiger partial charge in [0.05, 0.1) is 32.4 Å². The average molecular weight is 576 g/mol. The molecule has 0 aliphatic heterocycles. The van der Waals surface area contributed by atoms with Crippen LogP contribution in [0, 0.1) is 17.7 Å². The fourth-order valence-electron chi connectivity index (χ4n) is 5.22. The first-order valence-corrected chi connectivity index (χ1v) is 13.4. The summed E-state index contributed by atoms with van der Waals surface area (Å²) in [5.41, 5.74) is -0.539. The topological polar surface area (TPSA) is 77.9 Å². The summed E-state index contributed by atoms with van der Waals surface area (Å²) >= 11 is 0. The SMILES string of the molecule is CCc1ccc(C(C2CC2)C(C)C(=O)OC)cc1OC(CO)c1ccc(-c2cc(OC)ccc2F)nc1C(F)(F)F. The van der Waals surface area contributed by atoms with Crippen molar-refractivity contribution >= 4 is 5.97 Å². The number of pyridine rings is 1. The number of ether oxygens (including phenoxy) is 3. The highest BCUT2D eigenvalue weighted by Gasteiger charge is 2.40. The van der Waals surface area contributed by atoms with Crippen molar-refractivity contribution in [2.24, 2.45) is 11.8 Å². The third-order valence-corrected chi connectivity index (χ3v) is 7.52. The quantitative estimate of drug-likeness (QED) is 0.198. The van der Waals surface area contributed by atoms with Crippen LogP contribution in [0.2, 0.25) is 0 Å². The van der Waals surface area contributed by atoms with E-state index in [1.165, 1.54) is 32.4 Å². The van der Waals surface area contributed by atoms with E-state index in [0.717, 1.165) is 36.1 Å². The summed E-state index contributed by atoms with van der Waals surface area (Å²) in [7, 11) is 2.70. The number of hydrogen-bond donors (Lipinski definition) is 1. The standard InChI is InChI=1S/C31H33F4NO5/c1-5-18-6-9-20(28(19-7-8-19)17(2)30(38)40-4)14-26(18)41-27(16-37)22-11-13-25(36-29(22)31(33,34)35)23-15-21(39-3)10-12-24(23)32/h6,9-15,17,19,27-28,37H,5,7-8,16H2,1-4H3. The second-order valence-electron chi connectivity index (χ2n) is 10.2. The van der Waals surface area contributed by atoms with E-state index in [4.69, 9.17) is 14.2 Å². The minimum absolute atomic E-state index is 0.146. The van der Waals surface area contributed by atoms with Crippen molar-refractivity contribution in [3.63, 3.8) is 0 Å². The van der Waals surface area contributed by atoms with Crippen LogP contribution in [-0.4, -0.2) is 36.9 Å². The molecule has 220 valence electrons. The van der Waals surface area contributed by atoms with Crippen LogP contribution < -0.4 is 9.47 Å². The zero-order valence-corrected chi connectivity index (χ0v) is 23.3. The molecule has 1 aliphatic rings. The van der Waals surface area contributed by atoms with Gasteiger partial charge in [-0.2, -0.15) is 13.2 Å². The summed E-state index contributed by atoms with van der Waals surface area (Å²) in [4.78, 5) is 16.1. The van der Waals surface area contributed by atoms with Gasteiger partial charge in [0.2, 0.25) is 0 Å². The van der Waals surface area contributed by atoms with E-state index in [2.05, 4.69) is 4.98 Å². The van der Waals surface area contributed by atoms with Crippen molar-refractivity contribution in [1.29, 1.82) is 0 Å². The molecule has 0 amide bonds. The van der Waals surface area contributed by atoms with Crippen molar-refractivity contribution in [2.75, 3.05) is 20.8 Å². The van der Waals surface area contributed by atoms with Crippen molar-refractivity contribution in [2.45, 2.75) is 51.3 Å². The smallest absolute Gasteiger partial charge is 0.433 e. The maximum atomic E-state index is 14.5. The molecule has 0 radical (unpaired) electrons. The molecule has 4 rings (SSSR count). The van der Waals surface area contributed by atoms with E-state index in [-0.39, 0.29) is 40.4 Å².